The highest BCUT2D eigenvalue weighted by molar-refractivity contribution is 5.98. The van der Waals surface area contributed by atoms with Gasteiger partial charge >= 0.3 is 5.97 Å². The fourth-order valence-corrected chi connectivity index (χ4v) is 2.28. The van der Waals surface area contributed by atoms with E-state index in [1.54, 1.807) is 4.90 Å². The summed E-state index contributed by atoms with van der Waals surface area (Å²) in [4.78, 5) is 25.3. The van der Waals surface area contributed by atoms with Crippen LogP contribution in [-0.2, 0) is 9.53 Å². The Morgan fingerprint density at radius 2 is 1.83 bits per heavy atom. The second-order valence-corrected chi connectivity index (χ2v) is 4.70. The molecule has 1 aliphatic heterocycles. The van der Waals surface area contributed by atoms with Crippen molar-refractivity contribution < 1.29 is 14.3 Å². The van der Waals surface area contributed by atoms with E-state index in [1.807, 2.05) is 32.0 Å². The third-order valence-electron chi connectivity index (χ3n) is 3.22. The lowest BCUT2D eigenvalue weighted by atomic mass is 9.99. The van der Waals surface area contributed by atoms with Gasteiger partial charge < -0.3 is 9.64 Å². The molecule has 1 saturated heterocycles. The number of carbonyl (C=O) groups is 2. The summed E-state index contributed by atoms with van der Waals surface area (Å²) in [6, 6.07) is 5.30. The van der Waals surface area contributed by atoms with Crippen LogP contribution >= 0.6 is 0 Å². The van der Waals surface area contributed by atoms with Gasteiger partial charge in [0.25, 0.3) is 5.91 Å². The van der Waals surface area contributed by atoms with Crippen LogP contribution in [0.15, 0.2) is 18.2 Å². The number of amides is 1. The largest absolute Gasteiger partial charge is 0.467 e. The number of nitrogens with zero attached hydrogens (tertiary/aromatic N) is 1. The monoisotopic (exact) mass is 247 g/mol. The molecule has 4 nitrogen and oxygen atoms in total. The van der Waals surface area contributed by atoms with Gasteiger partial charge in [-0.25, -0.2) is 4.79 Å². The minimum absolute atomic E-state index is 0.0940. The zero-order valence-electron chi connectivity index (χ0n) is 10.9. The minimum Gasteiger partial charge on any atom is -0.467 e. The number of aryl methyl sites for hydroxylation is 2. The zero-order chi connectivity index (χ0) is 13.3. The van der Waals surface area contributed by atoms with Gasteiger partial charge in [0.1, 0.15) is 6.04 Å². The third kappa shape index (κ3) is 2.23. The molecular formula is C14H17NO3. The molecule has 2 rings (SSSR count). The molecule has 0 spiro atoms. The second kappa shape index (κ2) is 4.80. The first-order chi connectivity index (χ1) is 8.52. The SMILES string of the molecule is COC(=O)C1CCN1C(=O)c1cc(C)cc(C)c1. The van der Waals surface area contributed by atoms with Gasteiger partial charge in [0.15, 0.2) is 0 Å². The predicted molar refractivity (Wildman–Crippen MR) is 67.4 cm³/mol. The maximum Gasteiger partial charge on any atom is 0.328 e. The Balaban J connectivity index is 2.19. The van der Waals surface area contributed by atoms with Crippen LogP contribution in [0.1, 0.15) is 27.9 Å². The molecule has 0 saturated carbocycles. The third-order valence-corrected chi connectivity index (χ3v) is 3.22. The molecule has 1 aromatic rings. The predicted octanol–water partition coefficient (Wildman–Crippen LogP) is 1.69. The highest BCUT2D eigenvalue weighted by Crippen LogP contribution is 2.22. The topological polar surface area (TPSA) is 46.6 Å². The average Bonchev–Trinajstić information content (AvgIpc) is 2.25. The van der Waals surface area contributed by atoms with Crippen LogP contribution in [-0.4, -0.2) is 36.5 Å². The first-order valence-electron chi connectivity index (χ1n) is 6.00. The Kier molecular flexibility index (Phi) is 3.36. The number of carbonyl (C=O) groups excluding carboxylic acids is 2. The van der Waals surface area contributed by atoms with Crippen molar-refractivity contribution in [2.45, 2.75) is 26.3 Å². The summed E-state index contributed by atoms with van der Waals surface area (Å²) in [6.07, 6.45) is 0.684. The van der Waals surface area contributed by atoms with Gasteiger partial charge in [-0.15, -0.1) is 0 Å². The number of rotatable bonds is 2. The summed E-state index contributed by atoms with van der Waals surface area (Å²) in [5.74, 6) is -0.428. The van der Waals surface area contributed by atoms with Gasteiger partial charge in [0.05, 0.1) is 7.11 Å². The second-order valence-electron chi connectivity index (χ2n) is 4.70. The lowest BCUT2D eigenvalue weighted by Gasteiger charge is -2.38. The number of hydrogen-bond acceptors (Lipinski definition) is 3. The first-order valence-corrected chi connectivity index (χ1v) is 6.00. The lowest BCUT2D eigenvalue weighted by Crippen LogP contribution is -2.55. The Hall–Kier alpha value is -1.84. The summed E-state index contributed by atoms with van der Waals surface area (Å²) in [7, 11) is 1.35. The molecule has 0 bridgehead atoms. The van der Waals surface area contributed by atoms with Crippen molar-refractivity contribution >= 4 is 11.9 Å². The average molecular weight is 247 g/mol. The van der Waals surface area contributed by atoms with E-state index in [4.69, 9.17) is 0 Å². The van der Waals surface area contributed by atoms with Gasteiger partial charge in [0.2, 0.25) is 0 Å². The Labute approximate surface area is 107 Å². The number of esters is 1. The highest BCUT2D eigenvalue weighted by Gasteiger charge is 2.38. The summed E-state index contributed by atoms with van der Waals surface area (Å²) in [5, 5.41) is 0. The zero-order valence-corrected chi connectivity index (χ0v) is 10.9. The quantitative estimate of drug-likeness (QED) is 0.747. The number of likely N-dealkylation sites (tertiary alicyclic amines) is 1. The normalized spacial score (nSPS) is 18.2. The summed E-state index contributed by atoms with van der Waals surface area (Å²) in [5.41, 5.74) is 2.74. The van der Waals surface area contributed by atoms with E-state index in [-0.39, 0.29) is 11.9 Å². The van der Waals surface area contributed by atoms with Crippen molar-refractivity contribution in [1.82, 2.24) is 4.90 Å². The van der Waals surface area contributed by atoms with Crippen LogP contribution in [0.5, 0.6) is 0 Å². The Bertz CT molecular complexity index is 476. The molecule has 0 aliphatic carbocycles. The molecular weight excluding hydrogens is 230 g/mol. The number of hydrogen-bond donors (Lipinski definition) is 0. The summed E-state index contributed by atoms with van der Waals surface area (Å²) < 4.78 is 4.69. The van der Waals surface area contributed by atoms with E-state index in [1.165, 1.54) is 7.11 Å². The van der Waals surface area contributed by atoms with Crippen LogP contribution < -0.4 is 0 Å². The molecule has 96 valence electrons. The van der Waals surface area contributed by atoms with Crippen molar-refractivity contribution in [1.29, 1.82) is 0 Å². The highest BCUT2D eigenvalue weighted by atomic mass is 16.5. The van der Waals surface area contributed by atoms with Crippen LogP contribution in [0.4, 0.5) is 0 Å². The molecule has 0 N–H and O–H groups in total. The van der Waals surface area contributed by atoms with Crippen molar-refractivity contribution in [3.63, 3.8) is 0 Å². The van der Waals surface area contributed by atoms with Crippen molar-refractivity contribution in [3.05, 3.63) is 34.9 Å². The van der Waals surface area contributed by atoms with Gasteiger partial charge in [-0.2, -0.15) is 0 Å². The number of methoxy groups -OCH3 is 1. The van der Waals surface area contributed by atoms with Gasteiger partial charge in [-0.05, 0) is 32.4 Å². The van der Waals surface area contributed by atoms with Crippen LogP contribution in [0, 0.1) is 13.8 Å². The van der Waals surface area contributed by atoms with Crippen LogP contribution in [0.2, 0.25) is 0 Å². The Morgan fingerprint density at radius 1 is 1.22 bits per heavy atom. The molecule has 1 atom stereocenters. The summed E-state index contributed by atoms with van der Waals surface area (Å²) in [6.45, 7) is 4.53. The van der Waals surface area contributed by atoms with E-state index < -0.39 is 6.04 Å². The van der Waals surface area contributed by atoms with Gasteiger partial charge in [-0.3, -0.25) is 4.79 Å². The first kappa shape index (κ1) is 12.6. The van der Waals surface area contributed by atoms with Crippen LogP contribution in [0.3, 0.4) is 0 Å². The maximum atomic E-state index is 12.3. The maximum absolute atomic E-state index is 12.3. The molecule has 1 aromatic carbocycles. The van der Waals surface area contributed by atoms with Crippen molar-refractivity contribution in [2.75, 3.05) is 13.7 Å². The van der Waals surface area contributed by atoms with Crippen LogP contribution in [0.25, 0.3) is 0 Å². The Morgan fingerprint density at radius 3 is 2.28 bits per heavy atom. The fourth-order valence-electron chi connectivity index (χ4n) is 2.28. The van der Waals surface area contributed by atoms with E-state index in [9.17, 15) is 9.59 Å². The molecule has 4 heteroatoms. The van der Waals surface area contributed by atoms with Crippen molar-refractivity contribution in [3.8, 4) is 0 Å². The lowest BCUT2D eigenvalue weighted by molar-refractivity contribution is -0.149. The molecule has 1 heterocycles. The van der Waals surface area contributed by atoms with E-state index in [2.05, 4.69) is 4.74 Å². The molecule has 0 aromatic heterocycles. The van der Waals surface area contributed by atoms with Gasteiger partial charge in [-0.1, -0.05) is 17.2 Å². The smallest absolute Gasteiger partial charge is 0.328 e. The number of ether oxygens (including phenoxy) is 1. The molecule has 1 unspecified atom stereocenters. The molecule has 1 amide bonds. The van der Waals surface area contributed by atoms with E-state index in [0.29, 0.717) is 18.5 Å². The summed E-state index contributed by atoms with van der Waals surface area (Å²) >= 11 is 0. The molecule has 0 radical (unpaired) electrons. The van der Waals surface area contributed by atoms with E-state index >= 15 is 0 Å². The molecule has 1 aliphatic rings. The minimum atomic E-state index is -0.414. The van der Waals surface area contributed by atoms with Crippen molar-refractivity contribution in [2.24, 2.45) is 0 Å². The van der Waals surface area contributed by atoms with Gasteiger partial charge in [0, 0.05) is 12.1 Å². The molecule has 18 heavy (non-hydrogen) atoms. The molecule has 1 fully saturated rings. The standard InChI is InChI=1S/C14H17NO3/c1-9-6-10(2)8-11(7-9)13(16)15-5-4-12(15)14(17)18-3/h6-8,12H,4-5H2,1-3H3. The number of benzene rings is 1. The fraction of sp³-hybridized carbons (Fsp3) is 0.429. The van der Waals surface area contributed by atoms with E-state index in [0.717, 1.165) is 11.1 Å².